The Bertz CT molecular complexity index is 815. The molecule has 0 spiro atoms. The molecule has 3 N–H and O–H groups in total. The van der Waals surface area contributed by atoms with Crippen LogP contribution in [0.15, 0.2) is 23.2 Å². The molecule has 1 unspecified atom stereocenters. The molecule has 2 rings (SSSR count). The lowest BCUT2D eigenvalue weighted by atomic mass is 10.0. The molecule has 15 heteroatoms. The Morgan fingerprint density at radius 2 is 1.86 bits per heavy atom. The van der Waals surface area contributed by atoms with Crippen LogP contribution >= 0.6 is 0 Å². The Kier molecular flexibility index (Phi) is 6.85. The lowest BCUT2D eigenvalue weighted by molar-refractivity contribution is -0.221. The zero-order chi connectivity index (χ0) is 21.9. The van der Waals surface area contributed by atoms with E-state index in [0.29, 0.717) is 32.1 Å². The van der Waals surface area contributed by atoms with Crippen molar-refractivity contribution in [2.45, 2.75) is 30.0 Å². The van der Waals surface area contributed by atoms with Crippen molar-refractivity contribution in [3.8, 4) is 0 Å². The topological polar surface area (TPSA) is 113 Å². The molecule has 1 atom stereocenters. The molecule has 0 aliphatic carbocycles. The van der Waals surface area contributed by atoms with E-state index in [0.717, 1.165) is 11.5 Å². The SMILES string of the molecule is CC(NC(=O)NNS(=O)(=O)c1ccc(N2CCOCC2)nc1)(C(F)F)C(F)(F)F. The number of sulfonamides is 1. The van der Waals surface area contributed by atoms with Crippen molar-refractivity contribution < 1.29 is 39.9 Å². The van der Waals surface area contributed by atoms with Crippen molar-refractivity contribution >= 4 is 21.9 Å². The van der Waals surface area contributed by atoms with Crippen molar-refractivity contribution in [3.05, 3.63) is 18.3 Å². The first-order valence-corrected chi connectivity index (χ1v) is 9.59. The van der Waals surface area contributed by atoms with Crippen LogP contribution in [0, 0.1) is 0 Å². The number of hydrogen-bond donors (Lipinski definition) is 3. The second-order valence-electron chi connectivity index (χ2n) is 6.14. The molecule has 2 amide bonds. The van der Waals surface area contributed by atoms with E-state index < -0.39 is 39.1 Å². The third-order valence-corrected chi connectivity index (χ3v) is 5.30. The van der Waals surface area contributed by atoms with E-state index in [1.54, 1.807) is 0 Å². The second-order valence-corrected chi connectivity index (χ2v) is 7.82. The Morgan fingerprint density at radius 3 is 2.34 bits per heavy atom. The molecule has 1 saturated heterocycles. The number of morpholine rings is 1. The van der Waals surface area contributed by atoms with Crippen molar-refractivity contribution in [1.29, 1.82) is 0 Å². The zero-order valence-electron chi connectivity index (χ0n) is 15.0. The second kappa shape index (κ2) is 8.62. The third kappa shape index (κ3) is 5.42. The first-order chi connectivity index (χ1) is 13.4. The van der Waals surface area contributed by atoms with E-state index in [1.807, 2.05) is 4.90 Å². The molecule has 29 heavy (non-hydrogen) atoms. The van der Waals surface area contributed by atoms with Gasteiger partial charge in [-0.3, -0.25) is 5.43 Å². The van der Waals surface area contributed by atoms with Crippen molar-refractivity contribution in [1.82, 2.24) is 20.6 Å². The minimum Gasteiger partial charge on any atom is -0.378 e. The summed E-state index contributed by atoms with van der Waals surface area (Å²) < 4.78 is 93.2. The Hall–Kier alpha value is -2.26. The van der Waals surface area contributed by atoms with Crippen LogP contribution in [-0.2, 0) is 14.8 Å². The number of hydrazine groups is 1. The fourth-order valence-electron chi connectivity index (χ4n) is 2.20. The van der Waals surface area contributed by atoms with Gasteiger partial charge >= 0.3 is 12.2 Å². The number of aromatic nitrogens is 1. The molecule has 1 aromatic rings. The van der Waals surface area contributed by atoms with Gasteiger partial charge in [0.15, 0.2) is 5.54 Å². The van der Waals surface area contributed by atoms with Gasteiger partial charge < -0.3 is 15.0 Å². The van der Waals surface area contributed by atoms with E-state index in [2.05, 4.69) is 4.98 Å². The molecule has 0 aromatic carbocycles. The van der Waals surface area contributed by atoms with Crippen LogP contribution in [0.4, 0.5) is 32.6 Å². The Labute approximate surface area is 162 Å². The lowest BCUT2D eigenvalue weighted by Crippen LogP contribution is -2.64. The van der Waals surface area contributed by atoms with Gasteiger partial charge in [-0.1, -0.05) is 0 Å². The van der Waals surface area contributed by atoms with Gasteiger partial charge in [0, 0.05) is 19.3 Å². The van der Waals surface area contributed by atoms with Crippen LogP contribution in [0.3, 0.4) is 0 Å². The fourth-order valence-corrected chi connectivity index (χ4v) is 2.98. The van der Waals surface area contributed by atoms with E-state index in [9.17, 15) is 35.2 Å². The molecule has 1 aromatic heterocycles. The maximum atomic E-state index is 12.8. The molecule has 9 nitrogen and oxygen atoms in total. The van der Waals surface area contributed by atoms with Crippen LogP contribution < -0.4 is 20.5 Å². The minimum atomic E-state index is -5.48. The zero-order valence-corrected chi connectivity index (χ0v) is 15.8. The number of urea groups is 1. The minimum absolute atomic E-state index is 0.0695. The van der Waals surface area contributed by atoms with Gasteiger partial charge in [-0.05, 0) is 19.1 Å². The average molecular weight is 447 g/mol. The van der Waals surface area contributed by atoms with Gasteiger partial charge in [0.2, 0.25) is 0 Å². The molecule has 0 radical (unpaired) electrons. The highest BCUT2D eigenvalue weighted by atomic mass is 32.2. The van der Waals surface area contributed by atoms with Crippen LogP contribution in [-0.4, -0.2) is 63.9 Å². The molecule has 1 aliphatic heterocycles. The van der Waals surface area contributed by atoms with Crippen LogP contribution in [0.2, 0.25) is 0 Å². The Morgan fingerprint density at radius 1 is 1.24 bits per heavy atom. The highest BCUT2D eigenvalue weighted by Crippen LogP contribution is 2.34. The van der Waals surface area contributed by atoms with Gasteiger partial charge in [-0.15, -0.1) is 4.83 Å². The summed E-state index contributed by atoms with van der Waals surface area (Å²) in [6.07, 6.45) is -8.48. The highest BCUT2D eigenvalue weighted by molar-refractivity contribution is 7.89. The summed E-state index contributed by atoms with van der Waals surface area (Å²) in [7, 11) is -4.41. The van der Waals surface area contributed by atoms with Gasteiger partial charge in [0.25, 0.3) is 16.4 Å². The number of nitrogens with one attached hydrogen (secondary N) is 3. The molecule has 0 saturated carbocycles. The Balaban J connectivity index is 2.01. The summed E-state index contributed by atoms with van der Waals surface area (Å²) in [4.78, 5) is 18.5. The number of pyridine rings is 1. The van der Waals surface area contributed by atoms with E-state index >= 15 is 0 Å². The van der Waals surface area contributed by atoms with Gasteiger partial charge in [0.05, 0.1) is 13.2 Å². The van der Waals surface area contributed by atoms with E-state index in [1.165, 1.54) is 22.4 Å². The predicted molar refractivity (Wildman–Crippen MR) is 89.7 cm³/mol. The predicted octanol–water partition coefficient (Wildman–Crippen LogP) is 0.997. The average Bonchev–Trinajstić information content (AvgIpc) is 2.66. The smallest absolute Gasteiger partial charge is 0.378 e. The number of alkyl halides is 5. The van der Waals surface area contributed by atoms with E-state index in [-0.39, 0.29) is 6.92 Å². The first-order valence-electron chi connectivity index (χ1n) is 8.10. The largest absolute Gasteiger partial charge is 0.416 e. The van der Waals surface area contributed by atoms with Crippen molar-refractivity contribution in [2.24, 2.45) is 0 Å². The van der Waals surface area contributed by atoms with Gasteiger partial charge in [-0.2, -0.15) is 13.2 Å². The van der Waals surface area contributed by atoms with E-state index in [4.69, 9.17) is 4.74 Å². The fraction of sp³-hybridized carbons (Fsp3) is 0.571. The van der Waals surface area contributed by atoms with Crippen LogP contribution in [0.5, 0.6) is 0 Å². The van der Waals surface area contributed by atoms with Gasteiger partial charge in [0.1, 0.15) is 10.7 Å². The number of carbonyl (C=O) groups is 1. The van der Waals surface area contributed by atoms with Gasteiger partial charge in [-0.25, -0.2) is 27.0 Å². The molecular weight excluding hydrogens is 429 g/mol. The number of rotatable bonds is 6. The van der Waals surface area contributed by atoms with Crippen molar-refractivity contribution in [2.75, 3.05) is 31.2 Å². The quantitative estimate of drug-likeness (QED) is 0.443. The van der Waals surface area contributed by atoms with Crippen molar-refractivity contribution in [3.63, 3.8) is 0 Å². The van der Waals surface area contributed by atoms with Crippen LogP contribution in [0.1, 0.15) is 6.92 Å². The summed E-state index contributed by atoms with van der Waals surface area (Å²) >= 11 is 0. The normalized spacial score (nSPS) is 17.7. The summed E-state index contributed by atoms with van der Waals surface area (Å²) in [6, 6.07) is 0.752. The standard InChI is InChI=1S/C14H18F5N5O4S/c1-13(11(15)16,14(17,18)19)21-12(25)22-23-29(26,27)9-2-3-10(20-8-9)24-4-6-28-7-5-24/h2-3,8,11,23H,4-7H2,1H3,(H2,21,22,25). The molecular formula is C14H18F5N5O4S. The number of halogens is 5. The highest BCUT2D eigenvalue weighted by Gasteiger charge is 2.59. The monoisotopic (exact) mass is 447 g/mol. The molecule has 0 bridgehead atoms. The summed E-state index contributed by atoms with van der Waals surface area (Å²) in [5.41, 5.74) is -2.47. The number of carbonyl (C=O) groups excluding carboxylic acids is 1. The molecule has 2 heterocycles. The summed E-state index contributed by atoms with van der Waals surface area (Å²) in [5.74, 6) is 0.482. The maximum absolute atomic E-state index is 12.8. The maximum Gasteiger partial charge on any atom is 0.416 e. The lowest BCUT2D eigenvalue weighted by Gasteiger charge is -2.31. The number of nitrogens with zero attached hydrogens (tertiary/aromatic N) is 2. The first kappa shape index (κ1) is 23.0. The molecule has 1 aliphatic rings. The number of anilines is 1. The number of ether oxygens (including phenoxy) is 1. The summed E-state index contributed by atoms with van der Waals surface area (Å²) in [5, 5.41) is 1.02. The number of hydrogen-bond acceptors (Lipinski definition) is 6. The summed E-state index contributed by atoms with van der Waals surface area (Å²) in [6.45, 7) is 2.15. The third-order valence-electron chi connectivity index (χ3n) is 4.06. The van der Waals surface area contributed by atoms with Crippen LogP contribution in [0.25, 0.3) is 0 Å². The molecule has 1 fully saturated rings. The molecule has 164 valence electrons. The number of amides is 2.